The van der Waals surface area contributed by atoms with E-state index >= 15 is 0 Å². The molecule has 0 atom stereocenters. The van der Waals surface area contributed by atoms with Crippen LogP contribution < -0.4 is 0 Å². The Hall–Kier alpha value is -1.41. The quantitative estimate of drug-likeness (QED) is 0.684. The average Bonchev–Trinajstić information content (AvgIpc) is 2.15. The molecule has 1 rings (SSSR count). The number of benzene rings is 1. The average molecular weight is 162 g/mol. The number of carbonyl (C=O) groups excluding carboxylic acids is 1. The van der Waals surface area contributed by atoms with Gasteiger partial charge in [-0.05, 0) is 5.56 Å². The molecule has 0 aliphatic carbocycles. The van der Waals surface area contributed by atoms with E-state index in [0.717, 1.165) is 11.8 Å². The molecule has 1 aromatic rings. The number of carbonyl (C=O) groups is 1. The molecule has 0 heterocycles. The predicted octanol–water partition coefficient (Wildman–Crippen LogP) is 1.50. The van der Waals surface area contributed by atoms with Gasteiger partial charge in [0.05, 0.1) is 6.61 Å². The van der Waals surface area contributed by atoms with Gasteiger partial charge in [-0.1, -0.05) is 36.4 Å². The van der Waals surface area contributed by atoms with Crippen LogP contribution in [-0.4, -0.2) is 18.0 Å². The van der Waals surface area contributed by atoms with Crippen molar-refractivity contribution in [3.05, 3.63) is 41.5 Å². The maximum absolute atomic E-state index is 10.5. The third-order valence-corrected chi connectivity index (χ3v) is 1.53. The first-order valence-electron chi connectivity index (χ1n) is 3.70. The highest BCUT2D eigenvalue weighted by Crippen LogP contribution is 2.07. The summed E-state index contributed by atoms with van der Waals surface area (Å²) in [5, 5.41) is 8.52. The Morgan fingerprint density at radius 2 is 1.92 bits per heavy atom. The number of aliphatic hydroxyl groups excluding tert-OH is 1. The van der Waals surface area contributed by atoms with E-state index in [9.17, 15) is 4.79 Å². The van der Waals surface area contributed by atoms with Gasteiger partial charge < -0.3 is 5.11 Å². The molecule has 1 N–H and O–H groups in total. The molecule has 0 bridgehead atoms. The summed E-state index contributed by atoms with van der Waals surface area (Å²) in [6.07, 6.45) is 4.13. The van der Waals surface area contributed by atoms with Crippen LogP contribution in [0.4, 0.5) is 0 Å². The summed E-state index contributed by atoms with van der Waals surface area (Å²) in [5.41, 5.74) is 1.48. The number of aldehydes is 1. The Balaban J connectivity index is 2.96. The standard InChI is InChI=1S/C10H10O2/c11-7-3-6-9-4-1-2-5-10(9)8-12/h1-6,8,11H,7H2. The van der Waals surface area contributed by atoms with Crippen molar-refractivity contribution in [2.75, 3.05) is 6.61 Å². The van der Waals surface area contributed by atoms with Crippen molar-refractivity contribution in [2.24, 2.45) is 0 Å². The molecule has 0 radical (unpaired) electrons. The minimum absolute atomic E-state index is 0.00675. The second-order valence-corrected chi connectivity index (χ2v) is 2.33. The molecule has 0 unspecified atom stereocenters. The van der Waals surface area contributed by atoms with Crippen molar-refractivity contribution in [1.82, 2.24) is 0 Å². The topological polar surface area (TPSA) is 37.3 Å². The van der Waals surface area contributed by atoms with Gasteiger partial charge >= 0.3 is 0 Å². The minimum atomic E-state index is -0.00675. The van der Waals surface area contributed by atoms with E-state index in [2.05, 4.69) is 0 Å². The first kappa shape index (κ1) is 8.68. The highest BCUT2D eigenvalue weighted by Gasteiger charge is 1.93. The highest BCUT2D eigenvalue weighted by molar-refractivity contribution is 5.81. The Kier molecular flexibility index (Phi) is 3.23. The molecule has 62 valence electrons. The van der Waals surface area contributed by atoms with Gasteiger partial charge in [-0.15, -0.1) is 0 Å². The molecule has 0 amide bonds. The van der Waals surface area contributed by atoms with E-state index in [-0.39, 0.29) is 6.61 Å². The molecular weight excluding hydrogens is 152 g/mol. The van der Waals surface area contributed by atoms with E-state index in [1.807, 2.05) is 12.1 Å². The normalized spacial score (nSPS) is 10.4. The summed E-state index contributed by atoms with van der Waals surface area (Å²) in [4.78, 5) is 10.5. The Bertz CT molecular complexity index is 290. The second-order valence-electron chi connectivity index (χ2n) is 2.33. The van der Waals surface area contributed by atoms with E-state index in [1.54, 1.807) is 24.3 Å². The molecule has 2 nitrogen and oxygen atoms in total. The van der Waals surface area contributed by atoms with E-state index in [1.165, 1.54) is 0 Å². The summed E-state index contributed by atoms with van der Waals surface area (Å²) in [5.74, 6) is 0. The van der Waals surface area contributed by atoms with Crippen molar-refractivity contribution in [3.63, 3.8) is 0 Å². The van der Waals surface area contributed by atoms with Crippen LogP contribution in [-0.2, 0) is 0 Å². The molecule has 0 aromatic heterocycles. The van der Waals surface area contributed by atoms with E-state index < -0.39 is 0 Å². The van der Waals surface area contributed by atoms with Gasteiger partial charge in [0.25, 0.3) is 0 Å². The van der Waals surface area contributed by atoms with Crippen molar-refractivity contribution in [3.8, 4) is 0 Å². The van der Waals surface area contributed by atoms with Crippen molar-refractivity contribution < 1.29 is 9.90 Å². The summed E-state index contributed by atoms with van der Waals surface area (Å²) in [6.45, 7) is -0.00675. The SMILES string of the molecule is O=Cc1ccccc1C=CCO. The fourth-order valence-electron chi connectivity index (χ4n) is 0.950. The lowest BCUT2D eigenvalue weighted by atomic mass is 10.1. The molecule has 0 saturated carbocycles. The van der Waals surface area contributed by atoms with Crippen LogP contribution in [0.15, 0.2) is 30.3 Å². The molecule has 12 heavy (non-hydrogen) atoms. The first-order valence-corrected chi connectivity index (χ1v) is 3.70. The third kappa shape index (κ3) is 2.04. The number of rotatable bonds is 3. The summed E-state index contributed by atoms with van der Waals surface area (Å²) < 4.78 is 0. The summed E-state index contributed by atoms with van der Waals surface area (Å²) in [6, 6.07) is 7.23. The number of aliphatic hydroxyl groups is 1. The van der Waals surface area contributed by atoms with Crippen LogP contribution in [0.5, 0.6) is 0 Å². The van der Waals surface area contributed by atoms with Gasteiger partial charge in [-0.3, -0.25) is 4.79 Å². The fourth-order valence-corrected chi connectivity index (χ4v) is 0.950. The molecule has 1 aromatic carbocycles. The van der Waals surface area contributed by atoms with Gasteiger partial charge in [0, 0.05) is 5.56 Å². The predicted molar refractivity (Wildman–Crippen MR) is 47.9 cm³/mol. The summed E-state index contributed by atoms with van der Waals surface area (Å²) in [7, 11) is 0. The molecule has 0 aliphatic heterocycles. The van der Waals surface area contributed by atoms with Gasteiger partial charge in [-0.2, -0.15) is 0 Å². The van der Waals surface area contributed by atoms with Crippen molar-refractivity contribution in [2.45, 2.75) is 0 Å². The lowest BCUT2D eigenvalue weighted by molar-refractivity contribution is 0.112. The van der Waals surface area contributed by atoms with E-state index in [4.69, 9.17) is 5.11 Å². The fraction of sp³-hybridized carbons (Fsp3) is 0.100. The maximum Gasteiger partial charge on any atom is 0.150 e. The second kappa shape index (κ2) is 4.46. The van der Waals surface area contributed by atoms with Crippen LogP contribution in [0.1, 0.15) is 15.9 Å². The van der Waals surface area contributed by atoms with Crippen molar-refractivity contribution in [1.29, 1.82) is 0 Å². The van der Waals surface area contributed by atoms with Crippen LogP contribution in [0.25, 0.3) is 6.08 Å². The molecule has 0 aliphatic rings. The van der Waals surface area contributed by atoms with Gasteiger partial charge in [-0.25, -0.2) is 0 Å². The number of hydrogen-bond acceptors (Lipinski definition) is 2. The number of hydrogen-bond donors (Lipinski definition) is 1. The van der Waals surface area contributed by atoms with Gasteiger partial charge in [0.2, 0.25) is 0 Å². The first-order chi connectivity index (χ1) is 5.88. The summed E-state index contributed by atoms with van der Waals surface area (Å²) >= 11 is 0. The highest BCUT2D eigenvalue weighted by atomic mass is 16.2. The lowest BCUT2D eigenvalue weighted by Gasteiger charge is -1.95. The smallest absolute Gasteiger partial charge is 0.150 e. The zero-order valence-corrected chi connectivity index (χ0v) is 6.60. The van der Waals surface area contributed by atoms with Gasteiger partial charge in [0.15, 0.2) is 6.29 Å². The third-order valence-electron chi connectivity index (χ3n) is 1.53. The largest absolute Gasteiger partial charge is 0.392 e. The molecule has 0 spiro atoms. The Labute approximate surface area is 71.2 Å². The minimum Gasteiger partial charge on any atom is -0.392 e. The monoisotopic (exact) mass is 162 g/mol. The van der Waals surface area contributed by atoms with E-state index in [0.29, 0.717) is 5.56 Å². The van der Waals surface area contributed by atoms with Gasteiger partial charge in [0.1, 0.15) is 0 Å². The zero-order chi connectivity index (χ0) is 8.81. The van der Waals surface area contributed by atoms with Crippen LogP contribution in [0.2, 0.25) is 0 Å². The van der Waals surface area contributed by atoms with Crippen LogP contribution in [0.3, 0.4) is 0 Å². The lowest BCUT2D eigenvalue weighted by Crippen LogP contribution is -1.84. The molecule has 0 fully saturated rings. The Morgan fingerprint density at radius 3 is 2.50 bits per heavy atom. The molecular formula is C10H10O2. The molecule has 2 heteroatoms. The molecule has 0 saturated heterocycles. The Morgan fingerprint density at radius 1 is 1.25 bits per heavy atom. The zero-order valence-electron chi connectivity index (χ0n) is 6.60. The van der Waals surface area contributed by atoms with Crippen LogP contribution in [0, 0.1) is 0 Å². The van der Waals surface area contributed by atoms with Crippen LogP contribution >= 0.6 is 0 Å². The van der Waals surface area contributed by atoms with Crippen molar-refractivity contribution >= 4 is 12.4 Å². The maximum atomic E-state index is 10.5.